The molecule has 1 aromatic carbocycles. The van der Waals surface area contributed by atoms with E-state index in [0.717, 1.165) is 24.8 Å². The zero-order valence-electron chi connectivity index (χ0n) is 11.9. The fraction of sp³-hybridized carbons (Fsp3) is 0.588. The SMILES string of the molecule is CCC(C)c1ccc(C(C(=O)O)C2CCCC2)cc1. The average molecular weight is 260 g/mol. The zero-order chi connectivity index (χ0) is 13.8. The molecule has 2 heteroatoms. The van der Waals surface area contributed by atoms with Crippen molar-refractivity contribution in [3.63, 3.8) is 0 Å². The number of carboxylic acid groups (broad SMARTS) is 1. The van der Waals surface area contributed by atoms with Gasteiger partial charge < -0.3 is 5.11 Å². The molecule has 1 fully saturated rings. The van der Waals surface area contributed by atoms with Crippen LogP contribution in [0, 0.1) is 5.92 Å². The Balaban J connectivity index is 2.20. The van der Waals surface area contributed by atoms with Crippen molar-refractivity contribution in [2.45, 2.75) is 57.8 Å². The Labute approximate surface area is 115 Å². The Hall–Kier alpha value is -1.31. The van der Waals surface area contributed by atoms with Gasteiger partial charge in [-0.15, -0.1) is 0 Å². The van der Waals surface area contributed by atoms with Crippen LogP contribution in [0.15, 0.2) is 24.3 Å². The molecular weight excluding hydrogens is 236 g/mol. The second-order valence-electron chi connectivity index (χ2n) is 5.84. The van der Waals surface area contributed by atoms with Gasteiger partial charge in [-0.05, 0) is 42.2 Å². The van der Waals surface area contributed by atoms with Crippen molar-refractivity contribution < 1.29 is 9.90 Å². The molecule has 1 aliphatic rings. The van der Waals surface area contributed by atoms with Crippen molar-refractivity contribution >= 4 is 5.97 Å². The topological polar surface area (TPSA) is 37.3 Å². The average Bonchev–Trinajstić information content (AvgIpc) is 2.92. The molecule has 0 spiro atoms. The largest absolute Gasteiger partial charge is 0.481 e. The zero-order valence-corrected chi connectivity index (χ0v) is 11.9. The number of benzene rings is 1. The predicted molar refractivity (Wildman–Crippen MR) is 77.5 cm³/mol. The Morgan fingerprint density at radius 2 is 1.74 bits per heavy atom. The first-order valence-electron chi connectivity index (χ1n) is 7.46. The molecule has 0 aliphatic heterocycles. The minimum atomic E-state index is -0.664. The van der Waals surface area contributed by atoms with Gasteiger partial charge in [0.15, 0.2) is 0 Å². The molecule has 104 valence electrons. The first-order chi connectivity index (χ1) is 9.13. The predicted octanol–water partition coefficient (Wildman–Crippen LogP) is 4.56. The van der Waals surface area contributed by atoms with Crippen molar-refractivity contribution in [2.75, 3.05) is 0 Å². The molecule has 1 aliphatic carbocycles. The van der Waals surface area contributed by atoms with Crippen LogP contribution in [0.2, 0.25) is 0 Å². The van der Waals surface area contributed by atoms with Crippen LogP contribution in [0.1, 0.15) is 68.9 Å². The Morgan fingerprint density at radius 1 is 1.21 bits per heavy atom. The van der Waals surface area contributed by atoms with Crippen LogP contribution < -0.4 is 0 Å². The van der Waals surface area contributed by atoms with E-state index in [1.54, 1.807) is 0 Å². The highest BCUT2D eigenvalue weighted by Gasteiger charge is 2.31. The smallest absolute Gasteiger partial charge is 0.311 e. The van der Waals surface area contributed by atoms with Gasteiger partial charge >= 0.3 is 5.97 Å². The van der Waals surface area contributed by atoms with Gasteiger partial charge in [0.05, 0.1) is 5.92 Å². The highest BCUT2D eigenvalue weighted by Crippen LogP contribution is 2.37. The summed E-state index contributed by atoms with van der Waals surface area (Å²) in [5.74, 6) is -0.104. The lowest BCUT2D eigenvalue weighted by Gasteiger charge is -2.20. The van der Waals surface area contributed by atoms with Crippen molar-refractivity contribution in [3.05, 3.63) is 35.4 Å². The van der Waals surface area contributed by atoms with E-state index in [2.05, 4.69) is 26.0 Å². The molecule has 2 atom stereocenters. The summed E-state index contributed by atoms with van der Waals surface area (Å²) in [6.45, 7) is 4.39. The van der Waals surface area contributed by atoms with Crippen LogP contribution in [-0.2, 0) is 4.79 Å². The maximum absolute atomic E-state index is 11.6. The summed E-state index contributed by atoms with van der Waals surface area (Å²) in [5, 5.41) is 9.51. The van der Waals surface area contributed by atoms with E-state index in [1.165, 1.54) is 18.4 Å². The van der Waals surface area contributed by atoms with Gasteiger partial charge in [0.25, 0.3) is 0 Å². The Kier molecular flexibility index (Phi) is 4.62. The monoisotopic (exact) mass is 260 g/mol. The maximum atomic E-state index is 11.6. The molecule has 1 saturated carbocycles. The van der Waals surface area contributed by atoms with Crippen LogP contribution in [0.25, 0.3) is 0 Å². The summed E-state index contributed by atoms with van der Waals surface area (Å²) in [6.07, 6.45) is 5.59. The van der Waals surface area contributed by atoms with E-state index < -0.39 is 5.97 Å². The van der Waals surface area contributed by atoms with Crippen LogP contribution in [-0.4, -0.2) is 11.1 Å². The second-order valence-corrected chi connectivity index (χ2v) is 5.84. The van der Waals surface area contributed by atoms with Gasteiger partial charge in [-0.25, -0.2) is 0 Å². The maximum Gasteiger partial charge on any atom is 0.311 e. The lowest BCUT2D eigenvalue weighted by molar-refractivity contribution is -0.140. The van der Waals surface area contributed by atoms with E-state index in [-0.39, 0.29) is 5.92 Å². The highest BCUT2D eigenvalue weighted by molar-refractivity contribution is 5.76. The third kappa shape index (κ3) is 3.17. The van der Waals surface area contributed by atoms with E-state index in [9.17, 15) is 9.90 Å². The molecule has 0 bridgehead atoms. The van der Waals surface area contributed by atoms with E-state index >= 15 is 0 Å². The molecule has 0 saturated heterocycles. The summed E-state index contributed by atoms with van der Waals surface area (Å²) in [4.78, 5) is 11.6. The fourth-order valence-electron chi connectivity index (χ4n) is 3.17. The van der Waals surface area contributed by atoms with Crippen LogP contribution >= 0.6 is 0 Å². The molecule has 0 amide bonds. The standard InChI is InChI=1S/C17H24O2/c1-3-12(2)13-8-10-15(11-9-13)16(17(18)19)14-6-4-5-7-14/h8-12,14,16H,3-7H2,1-2H3,(H,18,19). The lowest BCUT2D eigenvalue weighted by atomic mass is 9.84. The second kappa shape index (κ2) is 6.23. The summed E-state index contributed by atoms with van der Waals surface area (Å²) in [5.41, 5.74) is 2.29. The first kappa shape index (κ1) is 14.1. The van der Waals surface area contributed by atoms with Crippen LogP contribution in [0.5, 0.6) is 0 Å². The minimum absolute atomic E-state index is 0.312. The normalized spacial score (nSPS) is 19.3. The van der Waals surface area contributed by atoms with E-state index in [1.807, 2.05) is 12.1 Å². The molecule has 0 radical (unpaired) electrons. The summed E-state index contributed by atoms with van der Waals surface area (Å²) >= 11 is 0. The third-order valence-electron chi connectivity index (χ3n) is 4.61. The molecular formula is C17H24O2. The number of rotatable bonds is 5. The van der Waals surface area contributed by atoms with Gasteiger partial charge in [0.1, 0.15) is 0 Å². The van der Waals surface area contributed by atoms with Gasteiger partial charge in [0.2, 0.25) is 0 Å². The number of hydrogen-bond acceptors (Lipinski definition) is 1. The lowest BCUT2D eigenvalue weighted by Crippen LogP contribution is -2.19. The first-order valence-corrected chi connectivity index (χ1v) is 7.46. The van der Waals surface area contributed by atoms with Gasteiger partial charge in [-0.3, -0.25) is 4.79 Å². The van der Waals surface area contributed by atoms with Crippen molar-refractivity contribution in [1.29, 1.82) is 0 Å². The van der Waals surface area contributed by atoms with Gasteiger partial charge in [-0.2, -0.15) is 0 Å². The van der Waals surface area contributed by atoms with Crippen molar-refractivity contribution in [2.24, 2.45) is 5.92 Å². The van der Waals surface area contributed by atoms with Crippen LogP contribution in [0.3, 0.4) is 0 Å². The molecule has 0 aromatic heterocycles. The number of aliphatic carboxylic acids is 1. The third-order valence-corrected chi connectivity index (χ3v) is 4.61. The molecule has 2 rings (SSSR count). The molecule has 0 heterocycles. The molecule has 1 aromatic rings. The number of hydrogen-bond donors (Lipinski definition) is 1. The van der Waals surface area contributed by atoms with Crippen molar-refractivity contribution in [1.82, 2.24) is 0 Å². The minimum Gasteiger partial charge on any atom is -0.481 e. The summed E-state index contributed by atoms with van der Waals surface area (Å²) in [7, 11) is 0. The highest BCUT2D eigenvalue weighted by atomic mass is 16.4. The summed E-state index contributed by atoms with van der Waals surface area (Å²) in [6, 6.07) is 8.26. The van der Waals surface area contributed by atoms with E-state index in [4.69, 9.17) is 0 Å². The Bertz CT molecular complexity index is 415. The molecule has 2 nitrogen and oxygen atoms in total. The summed E-state index contributed by atoms with van der Waals surface area (Å²) < 4.78 is 0. The fourth-order valence-corrected chi connectivity index (χ4v) is 3.17. The van der Waals surface area contributed by atoms with Crippen LogP contribution in [0.4, 0.5) is 0 Å². The molecule has 19 heavy (non-hydrogen) atoms. The number of carbonyl (C=O) groups is 1. The Morgan fingerprint density at radius 3 is 2.21 bits per heavy atom. The van der Waals surface area contributed by atoms with Crippen molar-refractivity contribution in [3.8, 4) is 0 Å². The van der Waals surface area contributed by atoms with E-state index in [0.29, 0.717) is 11.8 Å². The van der Waals surface area contributed by atoms with Gasteiger partial charge in [-0.1, -0.05) is 51.0 Å². The number of carboxylic acids is 1. The molecule has 1 N–H and O–H groups in total. The van der Waals surface area contributed by atoms with Gasteiger partial charge in [0, 0.05) is 0 Å². The quantitative estimate of drug-likeness (QED) is 0.842. The molecule has 2 unspecified atom stereocenters.